The maximum absolute atomic E-state index is 13.1. The molecular weight excluding hydrogens is 199 g/mol. The van der Waals surface area contributed by atoms with E-state index in [0.29, 0.717) is 12.8 Å². The predicted octanol–water partition coefficient (Wildman–Crippen LogP) is 1.89. The van der Waals surface area contributed by atoms with Crippen LogP contribution in [0.2, 0.25) is 0 Å². The first-order valence-corrected chi connectivity index (χ1v) is 4.75. The van der Waals surface area contributed by atoms with Gasteiger partial charge >= 0.3 is 5.97 Å². The van der Waals surface area contributed by atoms with Gasteiger partial charge in [-0.1, -0.05) is 13.3 Å². The predicted molar refractivity (Wildman–Crippen MR) is 54.1 cm³/mol. The molecule has 0 aliphatic carbocycles. The smallest absolute Gasteiger partial charge is 0.326 e. The molecule has 1 heterocycles. The van der Waals surface area contributed by atoms with Gasteiger partial charge in [-0.05, 0) is 18.6 Å². The third kappa shape index (κ3) is 3.19. The van der Waals surface area contributed by atoms with Gasteiger partial charge in [-0.15, -0.1) is 0 Å². The minimum atomic E-state index is -0.998. The maximum atomic E-state index is 13.1. The van der Waals surface area contributed by atoms with E-state index in [1.165, 1.54) is 18.3 Å². The van der Waals surface area contributed by atoms with Gasteiger partial charge in [0.1, 0.15) is 6.04 Å². The van der Waals surface area contributed by atoms with Gasteiger partial charge in [0.05, 0.1) is 0 Å². The largest absolute Gasteiger partial charge is 0.480 e. The first kappa shape index (κ1) is 11.4. The Labute approximate surface area is 87.1 Å². The van der Waals surface area contributed by atoms with E-state index in [2.05, 4.69) is 10.3 Å². The number of carbonyl (C=O) groups is 1. The molecule has 0 aromatic carbocycles. The summed E-state index contributed by atoms with van der Waals surface area (Å²) in [5, 5.41) is 11.4. The Morgan fingerprint density at radius 3 is 3.00 bits per heavy atom. The number of aromatic nitrogens is 1. The van der Waals surface area contributed by atoms with Crippen molar-refractivity contribution >= 4 is 11.8 Å². The Morgan fingerprint density at radius 1 is 1.73 bits per heavy atom. The number of carboxylic acids is 1. The molecule has 0 aliphatic rings. The number of carboxylic acid groups (broad SMARTS) is 1. The van der Waals surface area contributed by atoms with Crippen LogP contribution in [0.1, 0.15) is 19.8 Å². The van der Waals surface area contributed by atoms with Crippen LogP contribution in [-0.2, 0) is 4.79 Å². The van der Waals surface area contributed by atoms with Crippen LogP contribution in [0.25, 0.3) is 0 Å². The lowest BCUT2D eigenvalue weighted by Crippen LogP contribution is -2.29. The van der Waals surface area contributed by atoms with Gasteiger partial charge in [0.2, 0.25) is 0 Å². The standard InChI is InChI=1S/C10H13FN2O2/c1-2-4-8(10(14)15)13-9-7(11)5-3-6-12-9/h3,5-6,8H,2,4H2,1H3,(H,12,13)(H,14,15). The molecule has 1 unspecified atom stereocenters. The Bertz CT molecular complexity index is 344. The summed E-state index contributed by atoms with van der Waals surface area (Å²) in [6.07, 6.45) is 2.56. The lowest BCUT2D eigenvalue weighted by Gasteiger charge is -2.14. The van der Waals surface area contributed by atoms with E-state index in [9.17, 15) is 9.18 Å². The van der Waals surface area contributed by atoms with Gasteiger partial charge in [-0.25, -0.2) is 14.2 Å². The highest BCUT2D eigenvalue weighted by atomic mass is 19.1. The Hall–Kier alpha value is -1.65. The highest BCUT2D eigenvalue weighted by molar-refractivity contribution is 5.76. The number of nitrogens with one attached hydrogen (secondary N) is 1. The zero-order valence-electron chi connectivity index (χ0n) is 8.40. The molecule has 0 fully saturated rings. The van der Waals surface area contributed by atoms with Crippen LogP contribution in [-0.4, -0.2) is 22.1 Å². The molecule has 0 bridgehead atoms. The lowest BCUT2D eigenvalue weighted by atomic mass is 10.1. The average molecular weight is 212 g/mol. The van der Waals surface area contributed by atoms with E-state index >= 15 is 0 Å². The van der Waals surface area contributed by atoms with Crippen LogP contribution in [0, 0.1) is 5.82 Å². The topological polar surface area (TPSA) is 62.2 Å². The van der Waals surface area contributed by atoms with E-state index in [1.54, 1.807) is 0 Å². The van der Waals surface area contributed by atoms with Crippen LogP contribution in [0.4, 0.5) is 10.2 Å². The van der Waals surface area contributed by atoms with Crippen LogP contribution in [0.5, 0.6) is 0 Å². The number of hydrogen-bond donors (Lipinski definition) is 2. The monoisotopic (exact) mass is 212 g/mol. The minimum Gasteiger partial charge on any atom is -0.480 e. The summed E-state index contributed by atoms with van der Waals surface area (Å²) in [7, 11) is 0. The molecule has 1 rings (SSSR count). The van der Waals surface area contributed by atoms with Crippen molar-refractivity contribution in [1.29, 1.82) is 0 Å². The van der Waals surface area contributed by atoms with Crippen LogP contribution in [0.3, 0.4) is 0 Å². The third-order valence-electron chi connectivity index (χ3n) is 1.94. The van der Waals surface area contributed by atoms with Gasteiger partial charge in [0, 0.05) is 6.20 Å². The molecule has 1 aromatic rings. The van der Waals surface area contributed by atoms with Crippen molar-refractivity contribution in [2.45, 2.75) is 25.8 Å². The van der Waals surface area contributed by atoms with Gasteiger partial charge in [-0.2, -0.15) is 0 Å². The second kappa shape index (κ2) is 5.29. The van der Waals surface area contributed by atoms with E-state index in [0.717, 1.165) is 0 Å². The summed E-state index contributed by atoms with van der Waals surface area (Å²) in [4.78, 5) is 14.5. The van der Waals surface area contributed by atoms with Crippen molar-refractivity contribution < 1.29 is 14.3 Å². The second-order valence-corrected chi connectivity index (χ2v) is 3.16. The van der Waals surface area contributed by atoms with E-state index in [-0.39, 0.29) is 5.82 Å². The minimum absolute atomic E-state index is 0.0154. The van der Waals surface area contributed by atoms with Crippen molar-refractivity contribution in [3.63, 3.8) is 0 Å². The fourth-order valence-corrected chi connectivity index (χ4v) is 1.20. The molecule has 15 heavy (non-hydrogen) atoms. The zero-order valence-corrected chi connectivity index (χ0v) is 8.40. The molecule has 0 saturated carbocycles. The van der Waals surface area contributed by atoms with Crippen molar-refractivity contribution in [1.82, 2.24) is 4.98 Å². The average Bonchev–Trinajstić information content (AvgIpc) is 2.20. The van der Waals surface area contributed by atoms with Gasteiger partial charge in [0.25, 0.3) is 0 Å². The summed E-state index contributed by atoms with van der Waals surface area (Å²) >= 11 is 0. The molecular formula is C10H13FN2O2. The SMILES string of the molecule is CCCC(Nc1ncccc1F)C(=O)O. The molecule has 4 nitrogen and oxygen atoms in total. The molecule has 1 aromatic heterocycles. The van der Waals surface area contributed by atoms with Gasteiger partial charge in [-0.3, -0.25) is 0 Å². The highest BCUT2D eigenvalue weighted by Gasteiger charge is 2.17. The van der Waals surface area contributed by atoms with Crippen LogP contribution < -0.4 is 5.32 Å². The first-order valence-electron chi connectivity index (χ1n) is 4.75. The van der Waals surface area contributed by atoms with Crippen molar-refractivity contribution in [3.05, 3.63) is 24.1 Å². The zero-order chi connectivity index (χ0) is 11.3. The number of anilines is 1. The molecule has 2 N–H and O–H groups in total. The van der Waals surface area contributed by atoms with Gasteiger partial charge < -0.3 is 10.4 Å². The molecule has 0 amide bonds. The number of nitrogens with zero attached hydrogens (tertiary/aromatic N) is 1. The molecule has 0 spiro atoms. The van der Waals surface area contributed by atoms with Crippen LogP contribution in [0.15, 0.2) is 18.3 Å². The number of aliphatic carboxylic acids is 1. The number of halogens is 1. The van der Waals surface area contributed by atoms with Gasteiger partial charge in [0.15, 0.2) is 11.6 Å². The second-order valence-electron chi connectivity index (χ2n) is 3.16. The summed E-state index contributed by atoms with van der Waals surface area (Å²) in [6, 6.07) is 1.90. The molecule has 0 aliphatic heterocycles. The quantitative estimate of drug-likeness (QED) is 0.782. The van der Waals surface area contributed by atoms with Crippen LogP contribution >= 0.6 is 0 Å². The summed E-state index contributed by atoms with van der Waals surface area (Å²) in [5.41, 5.74) is 0. The summed E-state index contributed by atoms with van der Waals surface area (Å²) in [5.74, 6) is -1.56. The first-order chi connectivity index (χ1) is 7.15. The Morgan fingerprint density at radius 2 is 2.47 bits per heavy atom. The van der Waals surface area contributed by atoms with E-state index in [1.807, 2.05) is 6.92 Å². The van der Waals surface area contributed by atoms with Crippen molar-refractivity contribution in [3.8, 4) is 0 Å². The highest BCUT2D eigenvalue weighted by Crippen LogP contribution is 2.12. The Kier molecular flexibility index (Phi) is 4.03. The molecule has 1 atom stereocenters. The number of hydrogen-bond acceptors (Lipinski definition) is 3. The normalized spacial score (nSPS) is 12.1. The number of rotatable bonds is 5. The van der Waals surface area contributed by atoms with E-state index < -0.39 is 17.8 Å². The molecule has 0 radical (unpaired) electrons. The fraction of sp³-hybridized carbons (Fsp3) is 0.400. The lowest BCUT2D eigenvalue weighted by molar-refractivity contribution is -0.138. The molecule has 0 saturated heterocycles. The summed E-state index contributed by atoms with van der Waals surface area (Å²) < 4.78 is 13.1. The molecule has 5 heteroatoms. The Balaban J connectivity index is 2.74. The maximum Gasteiger partial charge on any atom is 0.326 e. The van der Waals surface area contributed by atoms with Crippen molar-refractivity contribution in [2.75, 3.05) is 5.32 Å². The van der Waals surface area contributed by atoms with E-state index in [4.69, 9.17) is 5.11 Å². The summed E-state index contributed by atoms with van der Waals surface area (Å²) in [6.45, 7) is 1.87. The third-order valence-corrected chi connectivity index (χ3v) is 1.94. The fourth-order valence-electron chi connectivity index (χ4n) is 1.20. The van der Waals surface area contributed by atoms with Crippen molar-refractivity contribution in [2.24, 2.45) is 0 Å². The molecule has 82 valence electrons. The number of pyridine rings is 1.